The smallest absolute Gasteiger partial charge is 0.333 e. The van der Waals surface area contributed by atoms with E-state index in [1.54, 1.807) is 6.92 Å². The molecule has 16 heavy (non-hydrogen) atoms. The van der Waals surface area contributed by atoms with Crippen LogP contribution in [-0.2, 0) is 9.53 Å². The predicted molar refractivity (Wildman–Crippen MR) is 65.2 cm³/mol. The van der Waals surface area contributed by atoms with Crippen molar-refractivity contribution in [2.45, 2.75) is 58.5 Å². The Labute approximate surface area is 98.5 Å². The van der Waals surface area contributed by atoms with Gasteiger partial charge < -0.3 is 9.84 Å². The largest absolute Gasteiger partial charge is 0.462 e. The summed E-state index contributed by atoms with van der Waals surface area (Å²) in [4.78, 5) is 11.0. The molecular weight excluding hydrogens is 204 g/mol. The van der Waals surface area contributed by atoms with Crippen molar-refractivity contribution in [3.63, 3.8) is 0 Å². The van der Waals surface area contributed by atoms with E-state index in [-0.39, 0.29) is 12.1 Å². The normalized spacial score (nSPS) is 12.2. The lowest BCUT2D eigenvalue weighted by atomic mass is 10.1. The quantitative estimate of drug-likeness (QED) is 0.375. The first-order valence-corrected chi connectivity index (χ1v) is 6.08. The minimum Gasteiger partial charge on any atom is -0.462 e. The van der Waals surface area contributed by atoms with Crippen LogP contribution in [-0.4, -0.2) is 23.8 Å². The number of unbranched alkanes of at least 4 members (excludes halogenated alkanes) is 3. The first-order valence-electron chi connectivity index (χ1n) is 6.08. The predicted octanol–water partition coefficient (Wildman–Crippen LogP) is 2.83. The van der Waals surface area contributed by atoms with Gasteiger partial charge in [-0.25, -0.2) is 4.79 Å². The zero-order valence-corrected chi connectivity index (χ0v) is 10.5. The molecule has 0 aromatic rings. The summed E-state index contributed by atoms with van der Waals surface area (Å²) in [6.45, 7) is 7.62. The third-order valence-corrected chi connectivity index (χ3v) is 2.48. The van der Waals surface area contributed by atoms with Gasteiger partial charge in [-0.15, -0.1) is 0 Å². The van der Waals surface area contributed by atoms with Crippen molar-refractivity contribution in [1.82, 2.24) is 0 Å². The van der Waals surface area contributed by atoms with Crippen molar-refractivity contribution in [2.75, 3.05) is 6.61 Å². The van der Waals surface area contributed by atoms with Crippen molar-refractivity contribution in [1.29, 1.82) is 0 Å². The van der Waals surface area contributed by atoms with Crippen LogP contribution in [0, 0.1) is 0 Å². The molecule has 0 aliphatic rings. The second-order valence-electron chi connectivity index (χ2n) is 4.18. The van der Waals surface area contributed by atoms with Crippen molar-refractivity contribution >= 4 is 5.97 Å². The van der Waals surface area contributed by atoms with Crippen LogP contribution in [0.3, 0.4) is 0 Å². The molecule has 0 saturated heterocycles. The molecule has 1 atom stereocenters. The van der Waals surface area contributed by atoms with Crippen LogP contribution in [0.25, 0.3) is 0 Å². The Kier molecular flexibility index (Phi) is 8.91. The van der Waals surface area contributed by atoms with Crippen LogP contribution < -0.4 is 0 Å². The van der Waals surface area contributed by atoms with E-state index in [9.17, 15) is 9.90 Å². The maximum absolute atomic E-state index is 11.0. The number of ether oxygens (including phenoxy) is 1. The number of carbonyl (C=O) groups excluding carboxylic acids is 1. The van der Waals surface area contributed by atoms with Crippen molar-refractivity contribution < 1.29 is 14.6 Å². The summed E-state index contributed by atoms with van der Waals surface area (Å²) in [5, 5.41) is 9.32. The highest BCUT2D eigenvalue weighted by molar-refractivity contribution is 5.86. The summed E-state index contributed by atoms with van der Waals surface area (Å²) in [7, 11) is 0. The van der Waals surface area contributed by atoms with Gasteiger partial charge in [0.15, 0.2) is 0 Å². The molecule has 0 aromatic carbocycles. The third kappa shape index (κ3) is 8.48. The van der Waals surface area contributed by atoms with E-state index >= 15 is 0 Å². The van der Waals surface area contributed by atoms with Crippen LogP contribution in [0.15, 0.2) is 12.2 Å². The lowest BCUT2D eigenvalue weighted by molar-refractivity contribution is -0.139. The summed E-state index contributed by atoms with van der Waals surface area (Å²) < 4.78 is 4.96. The van der Waals surface area contributed by atoms with Gasteiger partial charge in [0.25, 0.3) is 0 Å². The Morgan fingerprint density at radius 2 is 1.94 bits per heavy atom. The zero-order chi connectivity index (χ0) is 12.4. The molecule has 94 valence electrons. The monoisotopic (exact) mass is 228 g/mol. The molecule has 0 rings (SSSR count). The summed E-state index contributed by atoms with van der Waals surface area (Å²) in [5.41, 5.74) is 0.450. The lowest BCUT2D eigenvalue weighted by Crippen LogP contribution is -2.06. The van der Waals surface area contributed by atoms with Crippen molar-refractivity contribution in [2.24, 2.45) is 0 Å². The number of aliphatic hydroxyl groups excluding tert-OH is 1. The fourth-order valence-electron chi connectivity index (χ4n) is 1.33. The Bertz CT molecular complexity index is 211. The van der Waals surface area contributed by atoms with E-state index in [2.05, 4.69) is 6.58 Å². The van der Waals surface area contributed by atoms with Crippen molar-refractivity contribution in [3.05, 3.63) is 12.2 Å². The molecule has 0 aromatic heterocycles. The molecule has 0 bridgehead atoms. The Balaban J connectivity index is 3.22. The van der Waals surface area contributed by atoms with E-state index in [1.165, 1.54) is 0 Å². The van der Waals surface area contributed by atoms with Crippen LogP contribution in [0.1, 0.15) is 52.4 Å². The Morgan fingerprint density at radius 1 is 1.31 bits per heavy atom. The zero-order valence-electron chi connectivity index (χ0n) is 10.5. The molecule has 1 N–H and O–H groups in total. The van der Waals surface area contributed by atoms with E-state index < -0.39 is 0 Å². The van der Waals surface area contributed by atoms with Gasteiger partial charge >= 0.3 is 5.97 Å². The van der Waals surface area contributed by atoms with Gasteiger partial charge in [0.1, 0.15) is 0 Å². The first kappa shape index (κ1) is 15.2. The summed E-state index contributed by atoms with van der Waals surface area (Å²) in [6.07, 6.45) is 5.62. The molecule has 0 saturated carbocycles. The van der Waals surface area contributed by atoms with Gasteiger partial charge in [-0.1, -0.05) is 32.8 Å². The molecule has 0 radical (unpaired) electrons. The average Bonchev–Trinajstić information content (AvgIpc) is 2.26. The number of rotatable bonds is 9. The minimum absolute atomic E-state index is 0.152. The Morgan fingerprint density at radius 3 is 2.50 bits per heavy atom. The molecule has 0 fully saturated rings. The summed E-state index contributed by atoms with van der Waals surface area (Å²) in [6, 6.07) is 0. The van der Waals surface area contributed by atoms with Gasteiger partial charge in [0.2, 0.25) is 0 Å². The number of esters is 1. The SMILES string of the molecule is C=C(C)C(=O)OCCCCCCC(O)CC. The number of hydrogen-bond donors (Lipinski definition) is 1. The minimum atomic E-state index is -0.304. The van der Waals surface area contributed by atoms with E-state index in [0.717, 1.165) is 38.5 Å². The lowest BCUT2D eigenvalue weighted by Gasteiger charge is -2.07. The van der Waals surface area contributed by atoms with Gasteiger partial charge in [0, 0.05) is 5.57 Å². The highest BCUT2D eigenvalue weighted by Crippen LogP contribution is 2.08. The number of hydrogen-bond acceptors (Lipinski definition) is 3. The molecule has 0 aliphatic carbocycles. The maximum Gasteiger partial charge on any atom is 0.333 e. The summed E-state index contributed by atoms with van der Waals surface area (Å²) >= 11 is 0. The Hall–Kier alpha value is -0.830. The number of aliphatic hydroxyl groups is 1. The van der Waals surface area contributed by atoms with Crippen LogP contribution in [0.5, 0.6) is 0 Å². The van der Waals surface area contributed by atoms with Gasteiger partial charge in [0.05, 0.1) is 12.7 Å². The molecular formula is C13H24O3. The van der Waals surface area contributed by atoms with Crippen molar-refractivity contribution in [3.8, 4) is 0 Å². The van der Waals surface area contributed by atoms with E-state index in [1.807, 2.05) is 6.92 Å². The second-order valence-corrected chi connectivity index (χ2v) is 4.18. The van der Waals surface area contributed by atoms with Crippen LogP contribution >= 0.6 is 0 Å². The fourth-order valence-corrected chi connectivity index (χ4v) is 1.33. The topological polar surface area (TPSA) is 46.5 Å². The molecule has 0 spiro atoms. The van der Waals surface area contributed by atoms with E-state index in [4.69, 9.17) is 4.74 Å². The molecule has 3 nitrogen and oxygen atoms in total. The molecule has 3 heteroatoms. The van der Waals surface area contributed by atoms with Crippen LogP contribution in [0.4, 0.5) is 0 Å². The van der Waals surface area contributed by atoms with Gasteiger partial charge in [-0.3, -0.25) is 0 Å². The molecule has 1 unspecified atom stereocenters. The average molecular weight is 228 g/mol. The first-order chi connectivity index (χ1) is 7.57. The highest BCUT2D eigenvalue weighted by Gasteiger charge is 2.02. The van der Waals surface area contributed by atoms with E-state index in [0.29, 0.717) is 12.2 Å². The molecule has 0 amide bonds. The summed E-state index contributed by atoms with van der Waals surface area (Å²) in [5.74, 6) is -0.304. The second kappa shape index (κ2) is 9.40. The van der Waals surface area contributed by atoms with Crippen LogP contribution in [0.2, 0.25) is 0 Å². The highest BCUT2D eigenvalue weighted by atomic mass is 16.5. The standard InChI is InChI=1S/C13H24O3/c1-4-12(14)9-7-5-6-8-10-16-13(15)11(2)3/h12,14H,2,4-10H2,1,3H3. The maximum atomic E-state index is 11.0. The molecule has 0 heterocycles. The van der Waals surface area contributed by atoms with Gasteiger partial charge in [-0.05, 0) is 26.2 Å². The third-order valence-electron chi connectivity index (χ3n) is 2.48. The number of carbonyl (C=O) groups is 1. The fraction of sp³-hybridized carbons (Fsp3) is 0.769. The molecule has 0 aliphatic heterocycles. The van der Waals surface area contributed by atoms with Gasteiger partial charge in [-0.2, -0.15) is 0 Å².